The van der Waals surface area contributed by atoms with Crippen molar-refractivity contribution in [2.75, 3.05) is 18.4 Å². The van der Waals surface area contributed by atoms with Gasteiger partial charge in [0.15, 0.2) is 5.13 Å². The smallest absolute Gasteiger partial charge is 0.410 e. The van der Waals surface area contributed by atoms with Crippen molar-refractivity contribution in [1.29, 1.82) is 0 Å². The molecule has 0 radical (unpaired) electrons. The molecule has 1 aliphatic rings. The van der Waals surface area contributed by atoms with Crippen molar-refractivity contribution in [3.05, 3.63) is 22.7 Å². The summed E-state index contributed by atoms with van der Waals surface area (Å²) in [5, 5.41) is 3.41. The van der Waals surface area contributed by atoms with Gasteiger partial charge >= 0.3 is 6.09 Å². The van der Waals surface area contributed by atoms with E-state index in [-0.39, 0.29) is 17.9 Å². The molecule has 1 aromatic heterocycles. The summed E-state index contributed by atoms with van der Waals surface area (Å²) in [7, 11) is 0. The molecule has 1 fully saturated rings. The summed E-state index contributed by atoms with van der Waals surface area (Å²) in [6, 6.07) is 5.79. The molecule has 6 nitrogen and oxygen atoms in total. The van der Waals surface area contributed by atoms with Crippen molar-refractivity contribution in [3.8, 4) is 0 Å². The largest absolute Gasteiger partial charge is 0.444 e. The molecule has 3 rings (SSSR count). The first-order chi connectivity index (χ1) is 11.2. The highest BCUT2D eigenvalue weighted by Gasteiger charge is 2.38. The van der Waals surface area contributed by atoms with Crippen molar-refractivity contribution in [3.63, 3.8) is 0 Å². The van der Waals surface area contributed by atoms with Crippen LogP contribution in [0.3, 0.4) is 0 Å². The van der Waals surface area contributed by atoms with Crippen LogP contribution in [0.15, 0.2) is 22.7 Å². The number of carbonyl (C=O) groups excluding carboxylic acids is 2. The van der Waals surface area contributed by atoms with Crippen LogP contribution in [0, 0.1) is 5.92 Å². The van der Waals surface area contributed by atoms with E-state index in [1.54, 1.807) is 0 Å². The van der Waals surface area contributed by atoms with Crippen LogP contribution >= 0.6 is 27.3 Å². The second-order valence-corrected chi connectivity index (χ2v) is 8.65. The Bertz CT molecular complexity index is 793. The molecule has 0 aliphatic carbocycles. The molecule has 0 unspecified atom stereocenters. The van der Waals surface area contributed by atoms with Gasteiger partial charge in [-0.25, -0.2) is 9.78 Å². The van der Waals surface area contributed by atoms with E-state index in [0.717, 1.165) is 14.7 Å². The molecule has 0 saturated carbocycles. The molecule has 1 aromatic carbocycles. The summed E-state index contributed by atoms with van der Waals surface area (Å²) in [6.07, 6.45) is -0.378. The molecular formula is C16H18BrN3O3S. The van der Waals surface area contributed by atoms with Gasteiger partial charge in [0.2, 0.25) is 5.91 Å². The molecule has 1 N–H and O–H groups in total. The summed E-state index contributed by atoms with van der Waals surface area (Å²) in [5.74, 6) is -0.343. The van der Waals surface area contributed by atoms with E-state index in [1.807, 2.05) is 39.0 Å². The minimum absolute atomic E-state index is 0.118. The van der Waals surface area contributed by atoms with Crippen LogP contribution in [0.25, 0.3) is 10.2 Å². The van der Waals surface area contributed by atoms with Crippen LogP contribution < -0.4 is 5.32 Å². The van der Waals surface area contributed by atoms with Crippen LogP contribution in [0.4, 0.5) is 9.93 Å². The maximum atomic E-state index is 12.3. The Morgan fingerprint density at radius 1 is 1.38 bits per heavy atom. The summed E-state index contributed by atoms with van der Waals surface area (Å²) in [6.45, 7) is 6.20. The minimum Gasteiger partial charge on any atom is -0.444 e. The number of likely N-dealkylation sites (tertiary alicyclic amines) is 1. The lowest BCUT2D eigenvalue weighted by Crippen LogP contribution is -2.55. The lowest BCUT2D eigenvalue weighted by molar-refractivity contribution is -0.124. The third-order valence-electron chi connectivity index (χ3n) is 3.48. The minimum atomic E-state index is -0.528. The van der Waals surface area contributed by atoms with E-state index in [0.29, 0.717) is 18.2 Å². The zero-order chi connectivity index (χ0) is 17.5. The van der Waals surface area contributed by atoms with Crippen molar-refractivity contribution in [2.45, 2.75) is 26.4 Å². The average Bonchev–Trinajstić information content (AvgIpc) is 2.75. The van der Waals surface area contributed by atoms with Gasteiger partial charge in [0.05, 0.1) is 16.1 Å². The number of ether oxygens (including phenoxy) is 1. The molecule has 2 amide bonds. The van der Waals surface area contributed by atoms with Gasteiger partial charge in [0.25, 0.3) is 0 Å². The summed E-state index contributed by atoms with van der Waals surface area (Å²) >= 11 is 4.85. The van der Waals surface area contributed by atoms with Gasteiger partial charge in [0, 0.05) is 17.6 Å². The number of anilines is 1. The third kappa shape index (κ3) is 3.87. The van der Waals surface area contributed by atoms with Crippen LogP contribution in [0.2, 0.25) is 0 Å². The number of nitrogens with zero attached hydrogens (tertiary/aromatic N) is 2. The monoisotopic (exact) mass is 411 g/mol. The normalized spacial score (nSPS) is 15.2. The molecule has 0 spiro atoms. The molecule has 1 aliphatic heterocycles. The number of hydrogen-bond acceptors (Lipinski definition) is 5. The Morgan fingerprint density at radius 3 is 2.75 bits per heavy atom. The Morgan fingerprint density at radius 2 is 2.08 bits per heavy atom. The molecule has 1 saturated heterocycles. The SMILES string of the molecule is CC(C)(C)OC(=O)N1CC(C(=O)Nc2nc3ccc(Br)cc3s2)C1. The maximum absolute atomic E-state index is 12.3. The van der Waals surface area contributed by atoms with Crippen molar-refractivity contribution in [2.24, 2.45) is 5.92 Å². The Labute approximate surface area is 152 Å². The quantitative estimate of drug-likeness (QED) is 0.813. The van der Waals surface area contributed by atoms with E-state index in [1.165, 1.54) is 16.2 Å². The molecule has 0 atom stereocenters. The Hall–Kier alpha value is -1.67. The number of benzene rings is 1. The number of fused-ring (bicyclic) bond motifs is 1. The third-order valence-corrected chi connectivity index (χ3v) is 4.91. The predicted molar refractivity (Wildman–Crippen MR) is 97.2 cm³/mol. The van der Waals surface area contributed by atoms with Gasteiger partial charge < -0.3 is 15.0 Å². The summed E-state index contributed by atoms with van der Waals surface area (Å²) < 4.78 is 7.26. The number of carbonyl (C=O) groups is 2. The lowest BCUT2D eigenvalue weighted by atomic mass is 10.0. The first kappa shape index (κ1) is 17.2. The van der Waals surface area contributed by atoms with E-state index >= 15 is 0 Å². The summed E-state index contributed by atoms with van der Waals surface area (Å²) in [5.41, 5.74) is 0.321. The molecule has 24 heavy (non-hydrogen) atoms. The number of amides is 2. The fourth-order valence-electron chi connectivity index (χ4n) is 2.28. The standard InChI is InChI=1S/C16H18BrN3O3S/c1-16(2,3)23-15(22)20-7-9(8-20)13(21)19-14-18-11-5-4-10(17)6-12(11)24-14/h4-6,9H,7-8H2,1-3H3,(H,18,19,21). The fraction of sp³-hybridized carbons (Fsp3) is 0.438. The molecule has 2 heterocycles. The van der Waals surface area contributed by atoms with Gasteiger partial charge in [-0.3, -0.25) is 4.79 Å². The predicted octanol–water partition coefficient (Wildman–Crippen LogP) is 3.86. The van der Waals surface area contributed by atoms with Crippen molar-refractivity contribution >= 4 is 54.6 Å². The highest BCUT2D eigenvalue weighted by molar-refractivity contribution is 9.10. The van der Waals surface area contributed by atoms with Gasteiger partial charge in [-0.05, 0) is 39.0 Å². The zero-order valence-electron chi connectivity index (χ0n) is 13.6. The number of nitrogens with one attached hydrogen (secondary N) is 1. The molecule has 8 heteroatoms. The van der Waals surface area contributed by atoms with Gasteiger partial charge in [-0.1, -0.05) is 27.3 Å². The fourth-order valence-corrected chi connectivity index (χ4v) is 3.70. The first-order valence-corrected chi connectivity index (χ1v) is 9.17. The zero-order valence-corrected chi connectivity index (χ0v) is 16.0. The highest BCUT2D eigenvalue weighted by Crippen LogP contribution is 2.29. The van der Waals surface area contributed by atoms with E-state index < -0.39 is 5.60 Å². The Kier molecular flexibility index (Phi) is 4.52. The molecule has 2 aromatic rings. The second kappa shape index (κ2) is 6.33. The number of aromatic nitrogens is 1. The number of hydrogen-bond donors (Lipinski definition) is 1. The van der Waals surface area contributed by atoms with Gasteiger partial charge in [-0.2, -0.15) is 0 Å². The number of halogens is 1. The van der Waals surface area contributed by atoms with Gasteiger partial charge in [0.1, 0.15) is 5.60 Å². The summed E-state index contributed by atoms with van der Waals surface area (Å²) in [4.78, 5) is 30.1. The number of rotatable bonds is 2. The van der Waals surface area contributed by atoms with Crippen LogP contribution in [0.1, 0.15) is 20.8 Å². The van der Waals surface area contributed by atoms with E-state index in [4.69, 9.17) is 4.74 Å². The first-order valence-electron chi connectivity index (χ1n) is 7.56. The van der Waals surface area contributed by atoms with Gasteiger partial charge in [-0.15, -0.1) is 0 Å². The van der Waals surface area contributed by atoms with Crippen molar-refractivity contribution in [1.82, 2.24) is 9.88 Å². The van der Waals surface area contributed by atoms with Crippen LogP contribution in [-0.2, 0) is 9.53 Å². The Balaban J connectivity index is 1.55. The molecule has 0 bridgehead atoms. The van der Waals surface area contributed by atoms with E-state index in [2.05, 4.69) is 26.2 Å². The molecular weight excluding hydrogens is 394 g/mol. The lowest BCUT2D eigenvalue weighted by Gasteiger charge is -2.38. The second-order valence-electron chi connectivity index (χ2n) is 6.70. The van der Waals surface area contributed by atoms with Crippen LogP contribution in [-0.4, -0.2) is 40.6 Å². The topological polar surface area (TPSA) is 71.5 Å². The maximum Gasteiger partial charge on any atom is 0.410 e. The van der Waals surface area contributed by atoms with E-state index in [9.17, 15) is 9.59 Å². The van der Waals surface area contributed by atoms with Crippen molar-refractivity contribution < 1.29 is 14.3 Å². The molecule has 128 valence electrons. The number of thiazole rings is 1. The highest BCUT2D eigenvalue weighted by atomic mass is 79.9. The van der Waals surface area contributed by atoms with Crippen LogP contribution in [0.5, 0.6) is 0 Å². The average molecular weight is 412 g/mol.